The van der Waals surface area contributed by atoms with Crippen molar-refractivity contribution in [3.05, 3.63) is 183 Å². The van der Waals surface area contributed by atoms with E-state index in [0.29, 0.717) is 0 Å². The Morgan fingerprint density at radius 2 is 1.06 bits per heavy atom. The highest BCUT2D eigenvalue weighted by molar-refractivity contribution is 7.20. The Hall–Kier alpha value is -6.88. The summed E-state index contributed by atoms with van der Waals surface area (Å²) in [5.74, 6) is 1.02. The second-order valence-electron chi connectivity index (χ2n) is 21.4. The van der Waals surface area contributed by atoms with Crippen LogP contribution in [-0.2, 0) is 29.1 Å². The number of benzene rings is 7. The van der Waals surface area contributed by atoms with Gasteiger partial charge >= 0.3 is 0 Å². The van der Waals surface area contributed by atoms with Crippen LogP contribution in [0.2, 0.25) is 0 Å². The summed E-state index contributed by atoms with van der Waals surface area (Å²) < 4.78 is 14.4. The van der Waals surface area contributed by atoms with Crippen molar-refractivity contribution < 1.29 is 8.83 Å². The highest BCUT2D eigenvalue weighted by Crippen LogP contribution is 2.59. The summed E-state index contributed by atoms with van der Waals surface area (Å²) in [6, 6.07) is 44.2. The van der Waals surface area contributed by atoms with Crippen LogP contribution in [-0.4, -0.2) is 0 Å². The van der Waals surface area contributed by atoms with Crippen LogP contribution < -0.4 is 4.90 Å². The van der Waals surface area contributed by atoms with Crippen molar-refractivity contribution in [1.82, 2.24) is 0 Å². The Kier molecular flexibility index (Phi) is 7.28. The second kappa shape index (κ2) is 12.8. The first-order valence-electron chi connectivity index (χ1n) is 24.2. The summed E-state index contributed by atoms with van der Waals surface area (Å²) in [5.41, 5.74) is 24.9. The number of hydrogen-bond donors (Lipinski definition) is 0. The lowest BCUT2D eigenvalue weighted by Crippen LogP contribution is -2.19. The summed E-state index contributed by atoms with van der Waals surface area (Å²) in [4.78, 5) is 3.98. The molecule has 0 spiro atoms. The van der Waals surface area contributed by atoms with Gasteiger partial charge in [0.25, 0.3) is 0 Å². The zero-order chi connectivity index (χ0) is 44.9. The topological polar surface area (TPSA) is 29.5 Å². The average Bonchev–Trinajstić information content (AvgIpc) is 4.15. The van der Waals surface area contributed by atoms with E-state index in [9.17, 15) is 0 Å². The number of aryl methyl sites for hydroxylation is 2. The molecule has 7 aromatic carbocycles. The van der Waals surface area contributed by atoms with E-state index in [4.69, 9.17) is 8.83 Å². The van der Waals surface area contributed by atoms with E-state index >= 15 is 0 Å². The SMILES string of the molecule is CC1(C)c2cc(N(c3ccc4c(c3)C(C)(C)c3c-4ccc4oc5c(c34)CCC=C5)c3ccc4c(c3)C(C)(C)c3c-4ccc4oc5ccccc5c34)ccc2-c2c1ccc1c3c(sc21)C=CCC3. The molecule has 5 aliphatic rings. The van der Waals surface area contributed by atoms with E-state index < -0.39 is 0 Å². The Labute approximate surface area is 394 Å². The van der Waals surface area contributed by atoms with Crippen LogP contribution in [0.5, 0.6) is 0 Å². The van der Waals surface area contributed by atoms with Gasteiger partial charge < -0.3 is 13.7 Å². The minimum atomic E-state index is -0.271. The van der Waals surface area contributed by atoms with Gasteiger partial charge in [-0.1, -0.05) is 114 Å². The van der Waals surface area contributed by atoms with Gasteiger partial charge in [-0.05, 0) is 165 Å². The Morgan fingerprint density at radius 1 is 0.478 bits per heavy atom. The number of rotatable bonds is 3. The molecule has 0 saturated carbocycles. The molecule has 0 aliphatic heterocycles. The maximum atomic E-state index is 6.52. The smallest absolute Gasteiger partial charge is 0.135 e. The largest absolute Gasteiger partial charge is 0.456 e. The van der Waals surface area contributed by atoms with Crippen LogP contribution in [0.1, 0.15) is 110 Å². The summed E-state index contributed by atoms with van der Waals surface area (Å²) in [6.07, 6.45) is 13.4. The molecule has 67 heavy (non-hydrogen) atoms. The van der Waals surface area contributed by atoms with Gasteiger partial charge in [0.05, 0.1) is 0 Å². The van der Waals surface area contributed by atoms with Gasteiger partial charge in [-0.2, -0.15) is 0 Å². The number of para-hydroxylation sites is 1. The number of furan rings is 2. The van der Waals surface area contributed by atoms with Crippen molar-refractivity contribution in [2.24, 2.45) is 0 Å². The van der Waals surface area contributed by atoms with Gasteiger partial charge in [-0.25, -0.2) is 0 Å². The lowest BCUT2D eigenvalue weighted by molar-refractivity contribution is 0.595. The highest BCUT2D eigenvalue weighted by Gasteiger charge is 2.42. The summed E-state index contributed by atoms with van der Waals surface area (Å²) >= 11 is 1.98. The third kappa shape index (κ3) is 4.82. The molecule has 10 aromatic rings. The van der Waals surface area contributed by atoms with Gasteiger partial charge in [-0.15, -0.1) is 11.3 Å². The summed E-state index contributed by atoms with van der Waals surface area (Å²) in [6.45, 7) is 14.5. The van der Waals surface area contributed by atoms with E-state index in [-0.39, 0.29) is 16.2 Å². The molecule has 3 nitrogen and oxygen atoms in total. The zero-order valence-electron chi connectivity index (χ0n) is 38.8. The highest BCUT2D eigenvalue weighted by atomic mass is 32.1. The van der Waals surface area contributed by atoms with Crippen molar-refractivity contribution in [2.75, 3.05) is 4.90 Å². The molecule has 0 fully saturated rings. The third-order valence-electron chi connectivity index (χ3n) is 16.8. The molecule has 324 valence electrons. The summed E-state index contributed by atoms with van der Waals surface area (Å²) in [7, 11) is 0. The number of hydrogen-bond acceptors (Lipinski definition) is 4. The first-order chi connectivity index (χ1) is 32.5. The minimum absolute atomic E-state index is 0.174. The van der Waals surface area contributed by atoms with Gasteiger partial charge in [0.15, 0.2) is 0 Å². The fraction of sp³-hybridized carbons (Fsp3) is 0.206. The van der Waals surface area contributed by atoms with E-state index in [2.05, 4.69) is 186 Å². The van der Waals surface area contributed by atoms with E-state index in [0.717, 1.165) is 59.6 Å². The molecule has 0 amide bonds. The normalized spacial score (nSPS) is 17.1. The van der Waals surface area contributed by atoms with Crippen LogP contribution >= 0.6 is 11.3 Å². The van der Waals surface area contributed by atoms with Crippen LogP contribution in [0.25, 0.3) is 88.5 Å². The van der Waals surface area contributed by atoms with Crippen molar-refractivity contribution in [3.8, 4) is 33.4 Å². The molecule has 0 unspecified atom stereocenters. The maximum absolute atomic E-state index is 6.52. The van der Waals surface area contributed by atoms with Gasteiger partial charge in [0, 0.05) is 70.2 Å². The Balaban J connectivity index is 0.934. The zero-order valence-corrected chi connectivity index (χ0v) is 39.6. The molecular weight excluding hydrogens is 835 g/mol. The van der Waals surface area contributed by atoms with Crippen LogP contribution in [0.4, 0.5) is 17.1 Å². The Morgan fingerprint density at radius 3 is 1.76 bits per heavy atom. The van der Waals surface area contributed by atoms with E-state index in [1.807, 2.05) is 11.3 Å². The predicted molar refractivity (Wildman–Crippen MR) is 281 cm³/mol. The van der Waals surface area contributed by atoms with Crippen LogP contribution in [0.15, 0.2) is 136 Å². The second-order valence-corrected chi connectivity index (χ2v) is 22.4. The van der Waals surface area contributed by atoms with Crippen molar-refractivity contribution in [2.45, 2.75) is 83.5 Å². The van der Waals surface area contributed by atoms with Gasteiger partial charge in [0.1, 0.15) is 22.5 Å². The lowest BCUT2D eigenvalue weighted by atomic mass is 9.79. The molecular formula is C63H49NO2S. The standard InChI is InChI=1S/C63H49NO2S/c1-61(2)46-28-25-42-39-13-9-12-18-54(39)67-60(42)55(46)43-24-21-36(33-49(43)61)64(34-19-22-37-40-26-29-52-56(44-14-7-10-16-50(44)65-52)58(40)62(3,4)47(37)31-34)35-20-23-38-41-27-30-53-57(45-15-8-11-17-51(45)66-53)59(41)63(5,6)48(38)32-35/h7,10-12,14,16-33H,8-9,13,15H2,1-6H3. The third-order valence-corrected chi connectivity index (χ3v) is 18.0. The fourth-order valence-electron chi connectivity index (χ4n) is 13.6. The molecule has 3 heterocycles. The quantitative estimate of drug-likeness (QED) is 0.177. The number of allylic oxidation sites excluding steroid dienone is 2. The van der Waals surface area contributed by atoms with E-state index in [1.54, 1.807) is 0 Å². The number of fused-ring (bicyclic) bond motifs is 21. The molecule has 0 N–H and O–H groups in total. The van der Waals surface area contributed by atoms with Gasteiger partial charge in [0.2, 0.25) is 0 Å². The molecule has 0 saturated heterocycles. The molecule has 0 atom stereocenters. The number of thiophene rings is 1. The average molecular weight is 884 g/mol. The van der Waals surface area contributed by atoms with Crippen molar-refractivity contribution >= 4 is 83.5 Å². The first kappa shape index (κ1) is 38.2. The molecule has 15 rings (SSSR count). The number of nitrogens with zero attached hydrogens (tertiary/aromatic N) is 1. The van der Waals surface area contributed by atoms with Crippen LogP contribution in [0, 0.1) is 0 Å². The molecule has 0 bridgehead atoms. The molecule has 0 radical (unpaired) electrons. The fourth-order valence-corrected chi connectivity index (χ4v) is 14.9. The van der Waals surface area contributed by atoms with E-state index in [1.165, 1.54) is 115 Å². The first-order valence-corrected chi connectivity index (χ1v) is 25.0. The molecule has 4 heteroatoms. The van der Waals surface area contributed by atoms with Gasteiger partial charge in [-0.3, -0.25) is 0 Å². The summed E-state index contributed by atoms with van der Waals surface area (Å²) in [5, 5.41) is 5.16. The maximum Gasteiger partial charge on any atom is 0.135 e. The predicted octanol–water partition coefficient (Wildman–Crippen LogP) is 17.9. The molecule has 3 aromatic heterocycles. The lowest BCUT2D eigenvalue weighted by Gasteiger charge is -2.31. The molecule has 5 aliphatic carbocycles. The van der Waals surface area contributed by atoms with Crippen molar-refractivity contribution in [1.29, 1.82) is 0 Å². The van der Waals surface area contributed by atoms with Crippen LogP contribution in [0.3, 0.4) is 0 Å². The Bertz CT molecular complexity index is 3970. The van der Waals surface area contributed by atoms with Crippen molar-refractivity contribution in [3.63, 3.8) is 0 Å². The minimum Gasteiger partial charge on any atom is -0.456 e. The monoisotopic (exact) mass is 883 g/mol. The number of anilines is 3.